The number of phenolic OH excluding ortho intramolecular Hbond substituents is 1. The van der Waals surface area contributed by atoms with Gasteiger partial charge in [0.1, 0.15) is 11.6 Å². The molecule has 0 atom stereocenters. The SMILES string of the molecule is O=c1c2ccccc2nc(C=Cc2cccc([N+](=O)[O-])c2)n1-c1ccc(O)cc1. The van der Waals surface area contributed by atoms with Crippen LogP contribution in [-0.4, -0.2) is 19.6 Å². The van der Waals surface area contributed by atoms with E-state index in [4.69, 9.17) is 0 Å². The molecule has 0 aliphatic carbocycles. The van der Waals surface area contributed by atoms with Crippen molar-refractivity contribution in [1.29, 1.82) is 0 Å². The maximum atomic E-state index is 13.1. The monoisotopic (exact) mass is 385 g/mol. The molecule has 3 aromatic carbocycles. The Bertz CT molecular complexity index is 1310. The average Bonchev–Trinajstić information content (AvgIpc) is 2.73. The Balaban J connectivity index is 1.90. The number of phenols is 1. The summed E-state index contributed by atoms with van der Waals surface area (Å²) in [7, 11) is 0. The van der Waals surface area contributed by atoms with Gasteiger partial charge in [-0.2, -0.15) is 0 Å². The topological polar surface area (TPSA) is 98.3 Å². The molecule has 1 N–H and O–H groups in total. The van der Waals surface area contributed by atoms with E-state index >= 15 is 0 Å². The van der Waals surface area contributed by atoms with Crippen LogP contribution in [0.3, 0.4) is 0 Å². The van der Waals surface area contributed by atoms with E-state index in [1.54, 1.807) is 60.7 Å². The molecule has 0 spiro atoms. The molecule has 0 unspecified atom stereocenters. The van der Waals surface area contributed by atoms with Crippen LogP contribution in [-0.2, 0) is 0 Å². The van der Waals surface area contributed by atoms with Gasteiger partial charge >= 0.3 is 0 Å². The van der Waals surface area contributed by atoms with E-state index in [9.17, 15) is 20.0 Å². The minimum Gasteiger partial charge on any atom is -0.508 e. The Labute approximate surface area is 165 Å². The summed E-state index contributed by atoms with van der Waals surface area (Å²) < 4.78 is 1.44. The predicted octanol–water partition coefficient (Wildman–Crippen LogP) is 4.17. The first-order valence-electron chi connectivity index (χ1n) is 8.77. The number of nitrogens with zero attached hydrogens (tertiary/aromatic N) is 3. The number of hydrogen-bond donors (Lipinski definition) is 1. The lowest BCUT2D eigenvalue weighted by molar-refractivity contribution is -0.384. The predicted molar refractivity (Wildman–Crippen MR) is 111 cm³/mol. The highest BCUT2D eigenvalue weighted by Gasteiger charge is 2.11. The standard InChI is InChI=1S/C22H15N3O4/c26-18-11-9-16(10-12-18)24-21(23-20-7-2-1-6-19(20)22(24)27)13-8-15-4-3-5-17(14-15)25(28)29/h1-14,26H. The number of rotatable bonds is 4. The van der Waals surface area contributed by atoms with Gasteiger partial charge in [0.05, 0.1) is 21.5 Å². The maximum Gasteiger partial charge on any atom is 0.270 e. The van der Waals surface area contributed by atoms with Crippen molar-refractivity contribution < 1.29 is 10.0 Å². The largest absolute Gasteiger partial charge is 0.508 e. The van der Waals surface area contributed by atoms with E-state index in [-0.39, 0.29) is 17.0 Å². The molecule has 142 valence electrons. The second-order valence-corrected chi connectivity index (χ2v) is 6.33. The molecule has 0 fully saturated rings. The summed E-state index contributed by atoms with van der Waals surface area (Å²) in [4.78, 5) is 28.2. The lowest BCUT2D eigenvalue weighted by atomic mass is 10.2. The van der Waals surface area contributed by atoms with Crippen molar-refractivity contribution in [3.63, 3.8) is 0 Å². The second-order valence-electron chi connectivity index (χ2n) is 6.33. The average molecular weight is 385 g/mol. The highest BCUT2D eigenvalue weighted by molar-refractivity contribution is 5.80. The molecule has 1 aromatic heterocycles. The summed E-state index contributed by atoms with van der Waals surface area (Å²) in [5, 5.41) is 21.0. The normalized spacial score (nSPS) is 11.2. The van der Waals surface area contributed by atoms with Crippen molar-refractivity contribution in [2.75, 3.05) is 0 Å². The minimum atomic E-state index is -0.460. The number of nitro benzene ring substituents is 1. The molecule has 0 saturated carbocycles. The van der Waals surface area contributed by atoms with Gasteiger partial charge in [-0.05, 0) is 48.0 Å². The first-order chi connectivity index (χ1) is 14.0. The molecule has 1 heterocycles. The van der Waals surface area contributed by atoms with Crippen molar-refractivity contribution in [1.82, 2.24) is 9.55 Å². The van der Waals surface area contributed by atoms with Crippen molar-refractivity contribution >= 4 is 28.7 Å². The minimum absolute atomic E-state index is 0.0189. The fourth-order valence-corrected chi connectivity index (χ4v) is 3.03. The van der Waals surface area contributed by atoms with Gasteiger partial charge in [0, 0.05) is 12.1 Å². The summed E-state index contributed by atoms with van der Waals surface area (Å²) in [6.07, 6.45) is 3.31. The van der Waals surface area contributed by atoms with E-state index in [0.29, 0.717) is 28.0 Å². The summed E-state index contributed by atoms with van der Waals surface area (Å²) in [6.45, 7) is 0. The fraction of sp³-hybridized carbons (Fsp3) is 0. The highest BCUT2D eigenvalue weighted by atomic mass is 16.6. The van der Waals surface area contributed by atoms with Crippen LogP contribution in [0.15, 0.2) is 77.6 Å². The number of aromatic hydroxyl groups is 1. The summed E-state index contributed by atoms with van der Waals surface area (Å²) in [5.41, 5.74) is 1.43. The molecular weight excluding hydrogens is 370 g/mol. The molecule has 0 saturated heterocycles. The smallest absolute Gasteiger partial charge is 0.270 e. The van der Waals surface area contributed by atoms with Gasteiger partial charge in [-0.1, -0.05) is 30.3 Å². The molecule has 7 heteroatoms. The fourth-order valence-electron chi connectivity index (χ4n) is 3.03. The number of non-ortho nitro benzene ring substituents is 1. The van der Waals surface area contributed by atoms with E-state index in [0.717, 1.165) is 0 Å². The lowest BCUT2D eigenvalue weighted by Crippen LogP contribution is -2.22. The van der Waals surface area contributed by atoms with E-state index in [1.165, 1.54) is 28.8 Å². The molecule has 0 bridgehead atoms. The Morgan fingerprint density at radius 1 is 0.966 bits per heavy atom. The van der Waals surface area contributed by atoms with Gasteiger partial charge in [0.25, 0.3) is 11.2 Å². The zero-order chi connectivity index (χ0) is 20.4. The zero-order valence-corrected chi connectivity index (χ0v) is 15.1. The van der Waals surface area contributed by atoms with Gasteiger partial charge in [0.15, 0.2) is 0 Å². The third-order valence-corrected chi connectivity index (χ3v) is 4.42. The van der Waals surface area contributed by atoms with E-state index in [1.807, 2.05) is 0 Å². The van der Waals surface area contributed by atoms with Crippen LogP contribution in [0.1, 0.15) is 11.4 Å². The lowest BCUT2D eigenvalue weighted by Gasteiger charge is -2.11. The molecule has 0 aliphatic rings. The third-order valence-electron chi connectivity index (χ3n) is 4.42. The summed E-state index contributed by atoms with van der Waals surface area (Å²) in [5.74, 6) is 0.454. The highest BCUT2D eigenvalue weighted by Crippen LogP contribution is 2.19. The summed E-state index contributed by atoms with van der Waals surface area (Å²) >= 11 is 0. The number of aromatic nitrogens is 2. The van der Waals surface area contributed by atoms with Gasteiger partial charge in [0.2, 0.25) is 0 Å². The Morgan fingerprint density at radius 2 is 1.72 bits per heavy atom. The van der Waals surface area contributed by atoms with Crippen LogP contribution in [0.4, 0.5) is 5.69 Å². The van der Waals surface area contributed by atoms with Crippen molar-refractivity contribution in [2.24, 2.45) is 0 Å². The van der Waals surface area contributed by atoms with Crippen LogP contribution in [0, 0.1) is 10.1 Å². The van der Waals surface area contributed by atoms with E-state index in [2.05, 4.69) is 4.98 Å². The quantitative estimate of drug-likeness (QED) is 0.420. The number of benzene rings is 3. The van der Waals surface area contributed by atoms with Crippen LogP contribution < -0.4 is 5.56 Å². The number of para-hydroxylation sites is 1. The Kier molecular flexibility index (Phi) is 4.62. The third kappa shape index (κ3) is 3.61. The first-order valence-corrected chi connectivity index (χ1v) is 8.77. The van der Waals surface area contributed by atoms with Crippen molar-refractivity contribution in [3.05, 3.63) is 105 Å². The van der Waals surface area contributed by atoms with Gasteiger partial charge in [-0.3, -0.25) is 19.5 Å². The van der Waals surface area contributed by atoms with Crippen molar-refractivity contribution in [3.8, 4) is 11.4 Å². The summed E-state index contributed by atoms with van der Waals surface area (Å²) in [6, 6.07) is 19.4. The Hall–Kier alpha value is -4.26. The Morgan fingerprint density at radius 3 is 2.48 bits per heavy atom. The van der Waals surface area contributed by atoms with Gasteiger partial charge < -0.3 is 5.11 Å². The molecule has 29 heavy (non-hydrogen) atoms. The number of hydrogen-bond acceptors (Lipinski definition) is 5. The molecule has 0 radical (unpaired) electrons. The number of fused-ring (bicyclic) bond motifs is 1. The van der Waals surface area contributed by atoms with Crippen molar-refractivity contribution in [2.45, 2.75) is 0 Å². The molecule has 0 amide bonds. The molecule has 4 aromatic rings. The maximum absolute atomic E-state index is 13.1. The second kappa shape index (κ2) is 7.40. The van der Waals surface area contributed by atoms with Crippen LogP contribution in [0.5, 0.6) is 5.75 Å². The van der Waals surface area contributed by atoms with E-state index < -0.39 is 4.92 Å². The first kappa shape index (κ1) is 18.1. The number of nitro groups is 1. The van der Waals surface area contributed by atoms with Gasteiger partial charge in [-0.15, -0.1) is 0 Å². The molecule has 7 nitrogen and oxygen atoms in total. The van der Waals surface area contributed by atoms with Crippen LogP contribution in [0.2, 0.25) is 0 Å². The van der Waals surface area contributed by atoms with Crippen LogP contribution >= 0.6 is 0 Å². The molecule has 0 aliphatic heterocycles. The van der Waals surface area contributed by atoms with Crippen LogP contribution in [0.25, 0.3) is 28.7 Å². The molecular formula is C22H15N3O4. The zero-order valence-electron chi connectivity index (χ0n) is 15.1. The molecule has 4 rings (SSSR count). The van der Waals surface area contributed by atoms with Gasteiger partial charge in [-0.25, -0.2) is 4.98 Å².